The minimum atomic E-state index is -0.451. The van der Waals surface area contributed by atoms with E-state index >= 15 is 0 Å². The summed E-state index contributed by atoms with van der Waals surface area (Å²) in [7, 11) is 0. The number of nitrogens with one attached hydrogen (secondary N) is 2. The van der Waals surface area contributed by atoms with Crippen molar-refractivity contribution in [2.24, 2.45) is 0 Å². The van der Waals surface area contributed by atoms with Crippen LogP contribution in [0, 0.1) is 11.3 Å². The van der Waals surface area contributed by atoms with Gasteiger partial charge in [0, 0.05) is 5.02 Å². The predicted molar refractivity (Wildman–Crippen MR) is 88.0 cm³/mol. The number of anilines is 1. The maximum absolute atomic E-state index is 12.1. The third-order valence-electron chi connectivity index (χ3n) is 2.98. The molecule has 2 N–H and O–H groups in total. The lowest BCUT2D eigenvalue weighted by Crippen LogP contribution is -2.32. The van der Waals surface area contributed by atoms with Gasteiger partial charge in [-0.15, -0.1) is 0 Å². The number of hydrogen-bond acceptors (Lipinski definition) is 2. The van der Waals surface area contributed by atoms with E-state index < -0.39 is 12.1 Å². The van der Waals surface area contributed by atoms with Crippen molar-refractivity contribution >= 4 is 34.9 Å². The van der Waals surface area contributed by atoms with Crippen molar-refractivity contribution in [3.05, 3.63) is 64.1 Å². The molecule has 2 rings (SSSR count). The molecule has 6 heteroatoms. The lowest BCUT2D eigenvalue weighted by Gasteiger charge is -2.17. The second kappa shape index (κ2) is 7.69. The second-order valence-electron chi connectivity index (χ2n) is 4.55. The third kappa shape index (κ3) is 4.39. The summed E-state index contributed by atoms with van der Waals surface area (Å²) in [5.41, 5.74) is 1.27. The van der Waals surface area contributed by atoms with Crippen LogP contribution in [0.2, 0.25) is 10.0 Å². The molecule has 0 saturated carbocycles. The molecule has 22 heavy (non-hydrogen) atoms. The molecule has 0 saturated heterocycles. The van der Waals surface area contributed by atoms with E-state index in [1.807, 2.05) is 30.3 Å². The van der Waals surface area contributed by atoms with E-state index in [1.54, 1.807) is 18.2 Å². The number of carbonyl (C=O) groups is 1. The molecular formula is C16H13Cl2N3O. The Morgan fingerprint density at radius 2 is 1.91 bits per heavy atom. The molecule has 2 amide bonds. The van der Waals surface area contributed by atoms with E-state index in [4.69, 9.17) is 28.5 Å². The van der Waals surface area contributed by atoms with E-state index in [9.17, 15) is 4.79 Å². The van der Waals surface area contributed by atoms with Crippen molar-refractivity contribution in [3.8, 4) is 6.07 Å². The molecule has 2 aromatic rings. The Morgan fingerprint density at radius 1 is 1.18 bits per heavy atom. The minimum absolute atomic E-state index is 0.167. The summed E-state index contributed by atoms with van der Waals surface area (Å²) in [6.45, 7) is 0. The molecule has 4 nitrogen and oxygen atoms in total. The average molecular weight is 334 g/mol. The zero-order valence-electron chi connectivity index (χ0n) is 11.5. The number of carbonyl (C=O) groups excluding carboxylic acids is 1. The monoisotopic (exact) mass is 333 g/mol. The summed E-state index contributed by atoms with van der Waals surface area (Å²) in [6.07, 6.45) is 0.167. The average Bonchev–Trinajstić information content (AvgIpc) is 2.51. The van der Waals surface area contributed by atoms with E-state index in [0.717, 1.165) is 5.56 Å². The van der Waals surface area contributed by atoms with Crippen LogP contribution in [0.25, 0.3) is 0 Å². The quantitative estimate of drug-likeness (QED) is 0.846. The maximum Gasteiger partial charge on any atom is 0.319 e. The minimum Gasteiger partial charge on any atom is -0.330 e. The van der Waals surface area contributed by atoms with Gasteiger partial charge in [0.1, 0.15) is 0 Å². The van der Waals surface area contributed by atoms with Crippen molar-refractivity contribution in [3.63, 3.8) is 0 Å². The third-order valence-corrected chi connectivity index (χ3v) is 3.54. The Morgan fingerprint density at radius 3 is 2.59 bits per heavy atom. The molecule has 0 aliphatic heterocycles. The van der Waals surface area contributed by atoms with Gasteiger partial charge in [-0.2, -0.15) is 5.26 Å². The highest BCUT2D eigenvalue weighted by Crippen LogP contribution is 2.25. The number of urea groups is 1. The number of benzene rings is 2. The van der Waals surface area contributed by atoms with Gasteiger partial charge < -0.3 is 10.6 Å². The topological polar surface area (TPSA) is 64.9 Å². The molecular weight excluding hydrogens is 321 g/mol. The maximum atomic E-state index is 12.1. The number of hydrogen-bond donors (Lipinski definition) is 2. The van der Waals surface area contributed by atoms with E-state index in [-0.39, 0.29) is 6.42 Å². The first-order valence-corrected chi connectivity index (χ1v) is 7.30. The van der Waals surface area contributed by atoms with Crippen molar-refractivity contribution in [2.45, 2.75) is 12.5 Å². The molecule has 0 radical (unpaired) electrons. The van der Waals surface area contributed by atoms with Crippen LogP contribution in [-0.4, -0.2) is 6.03 Å². The summed E-state index contributed by atoms with van der Waals surface area (Å²) in [6, 6.07) is 15.3. The summed E-state index contributed by atoms with van der Waals surface area (Å²) < 4.78 is 0. The predicted octanol–water partition coefficient (Wildman–Crippen LogP) is 4.77. The number of halogens is 2. The van der Waals surface area contributed by atoms with Gasteiger partial charge >= 0.3 is 6.03 Å². The van der Waals surface area contributed by atoms with Crippen LogP contribution in [0.15, 0.2) is 48.5 Å². The standard InChI is InChI=1S/C16H13Cl2N3O/c17-12-6-7-13(18)15(10-12)21-16(22)20-14(8-9-19)11-4-2-1-3-5-11/h1-7,10,14H,8H2,(H2,20,21,22)/t14-/m1/s1. The van der Waals surface area contributed by atoms with Crippen LogP contribution in [0.4, 0.5) is 10.5 Å². The number of nitriles is 1. The fourth-order valence-corrected chi connectivity index (χ4v) is 2.28. The van der Waals surface area contributed by atoms with Gasteiger partial charge in [0.05, 0.1) is 29.2 Å². The zero-order valence-corrected chi connectivity index (χ0v) is 13.0. The fourth-order valence-electron chi connectivity index (χ4n) is 1.94. The first-order chi connectivity index (χ1) is 10.6. The molecule has 0 fully saturated rings. The van der Waals surface area contributed by atoms with Gasteiger partial charge in [0.25, 0.3) is 0 Å². The molecule has 1 atom stereocenters. The Labute approximate surface area is 138 Å². The van der Waals surface area contributed by atoms with E-state index in [0.29, 0.717) is 15.7 Å². The van der Waals surface area contributed by atoms with Gasteiger partial charge in [0.2, 0.25) is 0 Å². The number of rotatable bonds is 4. The first kappa shape index (κ1) is 16.2. The van der Waals surface area contributed by atoms with Gasteiger partial charge in [0.15, 0.2) is 0 Å². The van der Waals surface area contributed by atoms with Crippen LogP contribution in [-0.2, 0) is 0 Å². The Hall–Kier alpha value is -2.22. The van der Waals surface area contributed by atoms with Gasteiger partial charge in [-0.25, -0.2) is 4.79 Å². The normalized spacial score (nSPS) is 11.3. The second-order valence-corrected chi connectivity index (χ2v) is 5.39. The summed E-state index contributed by atoms with van der Waals surface area (Å²) in [5.74, 6) is 0. The van der Waals surface area contributed by atoms with E-state index in [1.165, 1.54) is 0 Å². The number of nitrogens with zero attached hydrogens (tertiary/aromatic N) is 1. The van der Waals surface area contributed by atoms with Crippen molar-refractivity contribution in [1.29, 1.82) is 5.26 Å². The van der Waals surface area contributed by atoms with Crippen molar-refractivity contribution < 1.29 is 4.79 Å². The Kier molecular flexibility index (Phi) is 5.65. The Balaban J connectivity index is 2.09. The first-order valence-electron chi connectivity index (χ1n) is 6.54. The summed E-state index contributed by atoms with van der Waals surface area (Å²) >= 11 is 11.9. The van der Waals surface area contributed by atoms with Crippen LogP contribution >= 0.6 is 23.2 Å². The van der Waals surface area contributed by atoms with Crippen LogP contribution in [0.5, 0.6) is 0 Å². The largest absolute Gasteiger partial charge is 0.330 e. The van der Waals surface area contributed by atoms with Crippen LogP contribution in [0.3, 0.4) is 0 Å². The molecule has 0 spiro atoms. The fraction of sp³-hybridized carbons (Fsp3) is 0.125. The highest BCUT2D eigenvalue weighted by Gasteiger charge is 2.15. The lowest BCUT2D eigenvalue weighted by atomic mass is 10.0. The SMILES string of the molecule is N#CC[C@@H](NC(=O)Nc1cc(Cl)ccc1Cl)c1ccccc1. The van der Waals surface area contributed by atoms with Crippen LogP contribution in [0.1, 0.15) is 18.0 Å². The number of amides is 2. The molecule has 0 heterocycles. The molecule has 0 aromatic heterocycles. The molecule has 0 bridgehead atoms. The molecule has 0 aliphatic carbocycles. The molecule has 0 aliphatic rings. The highest BCUT2D eigenvalue weighted by molar-refractivity contribution is 6.35. The van der Waals surface area contributed by atoms with Gasteiger partial charge in [-0.3, -0.25) is 0 Å². The summed E-state index contributed by atoms with van der Waals surface area (Å²) in [4.78, 5) is 12.1. The van der Waals surface area contributed by atoms with E-state index in [2.05, 4.69) is 16.7 Å². The Bertz CT molecular complexity index is 698. The lowest BCUT2D eigenvalue weighted by molar-refractivity contribution is 0.248. The van der Waals surface area contributed by atoms with Crippen LogP contribution < -0.4 is 10.6 Å². The van der Waals surface area contributed by atoms with Gasteiger partial charge in [-0.05, 0) is 23.8 Å². The van der Waals surface area contributed by atoms with Crippen molar-refractivity contribution in [2.75, 3.05) is 5.32 Å². The highest BCUT2D eigenvalue weighted by atomic mass is 35.5. The summed E-state index contributed by atoms with van der Waals surface area (Å²) in [5, 5.41) is 15.2. The van der Waals surface area contributed by atoms with Gasteiger partial charge in [-0.1, -0.05) is 53.5 Å². The smallest absolute Gasteiger partial charge is 0.319 e. The zero-order chi connectivity index (χ0) is 15.9. The van der Waals surface area contributed by atoms with Crippen molar-refractivity contribution in [1.82, 2.24) is 5.32 Å². The molecule has 2 aromatic carbocycles. The molecule has 0 unspecified atom stereocenters. The molecule has 112 valence electrons.